The zero-order valence-electron chi connectivity index (χ0n) is 11.9. The Hall–Kier alpha value is -1.84. The molecule has 20 heavy (non-hydrogen) atoms. The Morgan fingerprint density at radius 3 is 2.40 bits per heavy atom. The van der Waals surface area contributed by atoms with Crippen LogP contribution in [0.1, 0.15) is 45.4 Å². The molecule has 1 heterocycles. The maximum Gasteiger partial charge on any atom is 0.196 e. The van der Waals surface area contributed by atoms with Crippen molar-refractivity contribution in [2.24, 2.45) is 4.99 Å². The molecule has 1 aliphatic heterocycles. The lowest BCUT2D eigenvalue weighted by Crippen LogP contribution is -2.50. The Bertz CT molecular complexity index is 516. The van der Waals surface area contributed by atoms with Gasteiger partial charge in [0.25, 0.3) is 0 Å². The lowest BCUT2D eigenvalue weighted by Gasteiger charge is -2.36. The molecule has 4 heteroatoms. The predicted octanol–water partition coefficient (Wildman–Crippen LogP) is 3.05. The first-order valence-electron chi connectivity index (χ1n) is 7.44. The number of nitrogens with zero attached hydrogens (tertiary/aromatic N) is 2. The zero-order chi connectivity index (χ0) is 14.0. The van der Waals surface area contributed by atoms with Crippen LogP contribution in [0, 0.1) is 0 Å². The van der Waals surface area contributed by atoms with Crippen molar-refractivity contribution in [2.75, 3.05) is 5.01 Å². The third-order valence-corrected chi connectivity index (χ3v) is 4.21. The number of benzene rings is 1. The molecule has 0 bridgehead atoms. The number of hydrogen-bond acceptors (Lipinski definition) is 4. The average molecular weight is 271 g/mol. The number of carbonyl (C=O) groups is 1. The molecule has 1 fully saturated rings. The van der Waals surface area contributed by atoms with E-state index in [-0.39, 0.29) is 11.4 Å². The molecular weight excluding hydrogens is 250 g/mol. The second kappa shape index (κ2) is 5.27. The first-order valence-corrected chi connectivity index (χ1v) is 7.44. The van der Waals surface area contributed by atoms with Gasteiger partial charge in [-0.2, -0.15) is 0 Å². The van der Waals surface area contributed by atoms with Gasteiger partial charge in [0.1, 0.15) is 0 Å². The van der Waals surface area contributed by atoms with Crippen LogP contribution in [0.5, 0.6) is 0 Å². The van der Waals surface area contributed by atoms with Gasteiger partial charge in [0.05, 0.1) is 5.69 Å². The van der Waals surface area contributed by atoms with Crippen molar-refractivity contribution in [3.8, 4) is 0 Å². The molecule has 0 atom stereocenters. The molecule has 1 saturated carbocycles. The fourth-order valence-electron chi connectivity index (χ4n) is 3.16. The summed E-state index contributed by atoms with van der Waals surface area (Å²) in [5.74, 6) is 0.503. The minimum Gasteiger partial charge on any atom is -0.291 e. The molecule has 1 aromatic rings. The number of anilines is 1. The predicted molar refractivity (Wildman–Crippen MR) is 80.6 cm³/mol. The van der Waals surface area contributed by atoms with E-state index < -0.39 is 0 Å². The van der Waals surface area contributed by atoms with Gasteiger partial charge in [-0.25, -0.2) is 4.99 Å². The third kappa shape index (κ3) is 2.30. The maximum absolute atomic E-state index is 11.7. The topological polar surface area (TPSA) is 44.7 Å². The van der Waals surface area contributed by atoms with Gasteiger partial charge < -0.3 is 0 Å². The Morgan fingerprint density at radius 1 is 1.15 bits per heavy atom. The van der Waals surface area contributed by atoms with Crippen molar-refractivity contribution < 1.29 is 4.79 Å². The largest absolute Gasteiger partial charge is 0.291 e. The van der Waals surface area contributed by atoms with E-state index in [4.69, 9.17) is 4.99 Å². The molecule has 106 valence electrons. The van der Waals surface area contributed by atoms with Gasteiger partial charge in [-0.15, -0.1) is 0 Å². The molecule has 1 N–H and O–H groups in total. The molecular formula is C16H21N3O. The normalized spacial score (nSPS) is 21.2. The smallest absolute Gasteiger partial charge is 0.196 e. The molecule has 2 aliphatic rings. The van der Waals surface area contributed by atoms with Crippen LogP contribution in [0.25, 0.3) is 0 Å². The van der Waals surface area contributed by atoms with Crippen LogP contribution in [0.15, 0.2) is 35.3 Å². The van der Waals surface area contributed by atoms with Crippen molar-refractivity contribution in [2.45, 2.75) is 51.1 Å². The highest BCUT2D eigenvalue weighted by molar-refractivity contribution is 6.38. The van der Waals surface area contributed by atoms with Crippen molar-refractivity contribution in [3.05, 3.63) is 30.3 Å². The number of hydrogen-bond donors (Lipinski definition) is 1. The molecule has 0 saturated heterocycles. The van der Waals surface area contributed by atoms with Crippen molar-refractivity contribution >= 4 is 17.3 Å². The van der Waals surface area contributed by atoms with Gasteiger partial charge in [-0.3, -0.25) is 15.2 Å². The third-order valence-electron chi connectivity index (χ3n) is 4.21. The molecule has 0 unspecified atom stereocenters. The van der Waals surface area contributed by atoms with E-state index >= 15 is 0 Å². The quantitative estimate of drug-likeness (QED) is 0.899. The Kier molecular flexibility index (Phi) is 3.47. The summed E-state index contributed by atoms with van der Waals surface area (Å²) in [6.45, 7) is 1.57. The van der Waals surface area contributed by atoms with E-state index in [9.17, 15) is 4.79 Å². The molecule has 1 spiro atoms. The van der Waals surface area contributed by atoms with Crippen molar-refractivity contribution in [3.63, 3.8) is 0 Å². The molecule has 0 aromatic heterocycles. The number of aliphatic imine (C=N–C) groups is 1. The second-order valence-electron chi connectivity index (χ2n) is 5.70. The van der Waals surface area contributed by atoms with Gasteiger partial charge in [0.2, 0.25) is 0 Å². The summed E-state index contributed by atoms with van der Waals surface area (Å²) in [6.07, 6.45) is 6.86. The molecule has 0 radical (unpaired) electrons. The highest BCUT2D eigenvalue weighted by Crippen LogP contribution is 2.38. The summed E-state index contributed by atoms with van der Waals surface area (Å²) in [7, 11) is 0. The van der Waals surface area contributed by atoms with E-state index in [2.05, 4.69) is 22.6 Å². The van der Waals surface area contributed by atoms with Crippen LogP contribution in [-0.2, 0) is 4.79 Å². The summed E-state index contributed by atoms with van der Waals surface area (Å²) >= 11 is 0. The summed E-state index contributed by atoms with van der Waals surface area (Å²) < 4.78 is 0. The number of nitrogens with one attached hydrogen (secondary N) is 1. The number of rotatable bonds is 2. The minimum atomic E-state index is -0.279. The van der Waals surface area contributed by atoms with Crippen molar-refractivity contribution in [1.82, 2.24) is 5.43 Å². The van der Waals surface area contributed by atoms with Gasteiger partial charge in [-0.05, 0) is 37.8 Å². The number of hydrazine groups is 1. The fourth-order valence-corrected chi connectivity index (χ4v) is 3.16. The van der Waals surface area contributed by atoms with Crippen LogP contribution < -0.4 is 10.4 Å². The van der Waals surface area contributed by atoms with Gasteiger partial charge in [0, 0.05) is 6.92 Å². The Labute approximate surface area is 119 Å². The van der Waals surface area contributed by atoms with E-state index in [1.165, 1.54) is 25.7 Å². The fraction of sp³-hybridized carbons (Fsp3) is 0.500. The number of carbonyl (C=O) groups excluding carboxylic acids is 1. The van der Waals surface area contributed by atoms with E-state index in [0.717, 1.165) is 18.5 Å². The maximum atomic E-state index is 11.7. The number of amidine groups is 1. The summed E-state index contributed by atoms with van der Waals surface area (Å²) in [6, 6.07) is 10.2. The van der Waals surface area contributed by atoms with Crippen LogP contribution in [-0.4, -0.2) is 17.3 Å². The second-order valence-corrected chi connectivity index (χ2v) is 5.70. The first-order chi connectivity index (χ1) is 9.71. The standard InChI is InChI=1S/C16H21N3O/c1-13(20)15-17-16(11-7-2-3-8-12-16)19(18-15)14-9-5-4-6-10-14/h4-6,9-10H,2-3,7-8,11-12H2,1H3,(H,17,18). The molecule has 3 rings (SSSR count). The van der Waals surface area contributed by atoms with Gasteiger partial charge in [0.15, 0.2) is 17.3 Å². The highest BCUT2D eigenvalue weighted by atomic mass is 16.1. The zero-order valence-corrected chi connectivity index (χ0v) is 11.9. The molecule has 1 aromatic carbocycles. The van der Waals surface area contributed by atoms with E-state index in [0.29, 0.717) is 5.84 Å². The number of Topliss-reactive ketones (excluding diaryl/α,β-unsaturated/α-hetero) is 1. The van der Waals surface area contributed by atoms with Gasteiger partial charge in [-0.1, -0.05) is 31.0 Å². The Morgan fingerprint density at radius 2 is 1.80 bits per heavy atom. The molecule has 1 aliphatic carbocycles. The lowest BCUT2D eigenvalue weighted by molar-refractivity contribution is -0.111. The summed E-state index contributed by atoms with van der Waals surface area (Å²) in [5.41, 5.74) is 4.03. The van der Waals surface area contributed by atoms with E-state index in [1.54, 1.807) is 6.92 Å². The van der Waals surface area contributed by atoms with E-state index in [1.807, 2.05) is 18.2 Å². The van der Waals surface area contributed by atoms with Crippen LogP contribution in [0.4, 0.5) is 5.69 Å². The van der Waals surface area contributed by atoms with Crippen molar-refractivity contribution in [1.29, 1.82) is 0 Å². The average Bonchev–Trinajstić information content (AvgIpc) is 2.67. The summed E-state index contributed by atoms with van der Waals surface area (Å²) in [5, 5.41) is 2.11. The van der Waals surface area contributed by atoms with Gasteiger partial charge >= 0.3 is 0 Å². The lowest BCUT2D eigenvalue weighted by atomic mass is 10.00. The molecule has 4 nitrogen and oxygen atoms in total. The van der Waals surface area contributed by atoms with Crippen LogP contribution in [0.3, 0.4) is 0 Å². The number of ketones is 1. The monoisotopic (exact) mass is 271 g/mol. The minimum absolute atomic E-state index is 0.00653. The molecule has 0 amide bonds. The summed E-state index contributed by atoms with van der Waals surface area (Å²) in [4.78, 5) is 16.5. The Balaban J connectivity index is 1.98. The first kappa shape index (κ1) is 13.2. The highest BCUT2D eigenvalue weighted by Gasteiger charge is 2.43. The SMILES string of the molecule is CC(=O)C1=NC2(CCCCCC2)N(c2ccccc2)N1. The number of para-hydroxylation sites is 1. The van der Waals surface area contributed by atoms with Crippen LogP contribution in [0.2, 0.25) is 0 Å². The van der Waals surface area contributed by atoms with Crippen LogP contribution >= 0.6 is 0 Å².